The van der Waals surface area contributed by atoms with Gasteiger partial charge in [0.1, 0.15) is 21.0 Å². The second-order valence-electron chi connectivity index (χ2n) is 2.99. The van der Waals surface area contributed by atoms with Gasteiger partial charge in [0.05, 0.1) is 0 Å². The Morgan fingerprint density at radius 1 is 1.25 bits per heavy atom. The average Bonchev–Trinajstić information content (AvgIpc) is 2.20. The fraction of sp³-hybridized carbons (Fsp3) is 0.100. The van der Waals surface area contributed by atoms with E-state index in [1.165, 1.54) is 11.8 Å². The lowest BCUT2D eigenvalue weighted by molar-refractivity contribution is 0.964. The zero-order valence-corrected chi connectivity index (χ0v) is 11.5. The van der Waals surface area contributed by atoms with E-state index >= 15 is 0 Å². The normalized spacial score (nSPS) is 10.4. The highest BCUT2D eigenvalue weighted by Crippen LogP contribution is 2.26. The molecule has 2 rings (SSSR count). The molecule has 0 bridgehead atoms. The van der Waals surface area contributed by atoms with Crippen molar-refractivity contribution in [2.45, 2.75) is 17.0 Å². The van der Waals surface area contributed by atoms with Crippen LogP contribution in [-0.4, -0.2) is 15.0 Å². The van der Waals surface area contributed by atoms with Crippen molar-refractivity contribution in [3.63, 3.8) is 0 Å². The molecule has 2 heterocycles. The zero-order valence-electron chi connectivity index (χ0n) is 8.32. The van der Waals surface area contributed by atoms with Gasteiger partial charge in [0, 0.05) is 16.7 Å². The van der Waals surface area contributed by atoms with E-state index in [2.05, 4.69) is 30.9 Å². The monoisotopic (exact) mass is 315 g/mol. The first kappa shape index (κ1) is 11.8. The number of rotatable bonds is 2. The van der Waals surface area contributed by atoms with Crippen molar-refractivity contribution in [1.82, 2.24) is 15.0 Å². The maximum absolute atomic E-state index is 5.85. The molecule has 0 atom stereocenters. The second-order valence-corrected chi connectivity index (χ2v) is 5.34. The smallest absolute Gasteiger partial charge is 0.133 e. The summed E-state index contributed by atoms with van der Waals surface area (Å²) in [5, 5.41) is 2.12. The maximum Gasteiger partial charge on any atom is 0.133 e. The molecule has 2 aromatic heterocycles. The summed E-state index contributed by atoms with van der Waals surface area (Å²) >= 11 is 10.6. The van der Waals surface area contributed by atoms with Gasteiger partial charge in [0.25, 0.3) is 0 Å². The summed E-state index contributed by atoms with van der Waals surface area (Å²) in [4.78, 5) is 12.5. The zero-order chi connectivity index (χ0) is 11.5. The highest BCUT2D eigenvalue weighted by atomic mass is 79.9. The summed E-state index contributed by atoms with van der Waals surface area (Å²) < 4.78 is 0.953. The number of pyridine rings is 1. The van der Waals surface area contributed by atoms with Crippen LogP contribution in [0.5, 0.6) is 0 Å². The van der Waals surface area contributed by atoms with Crippen LogP contribution in [0.3, 0.4) is 0 Å². The molecular formula is C10H7BrClN3S. The molecule has 0 fully saturated rings. The third-order valence-electron chi connectivity index (χ3n) is 1.69. The number of nitrogens with zero attached hydrogens (tertiary/aromatic N) is 3. The molecule has 3 nitrogen and oxygen atoms in total. The Morgan fingerprint density at radius 3 is 2.69 bits per heavy atom. The van der Waals surface area contributed by atoms with Gasteiger partial charge in [0.2, 0.25) is 0 Å². The van der Waals surface area contributed by atoms with E-state index in [0.717, 1.165) is 14.5 Å². The number of halogens is 2. The Balaban J connectivity index is 2.23. The Hall–Kier alpha value is -0.650. The van der Waals surface area contributed by atoms with Crippen molar-refractivity contribution in [1.29, 1.82) is 0 Å². The summed E-state index contributed by atoms with van der Waals surface area (Å²) in [6.45, 7) is 1.81. The molecule has 0 aliphatic carbocycles. The minimum absolute atomic E-state index is 0.451. The van der Waals surface area contributed by atoms with Gasteiger partial charge in [-0.05, 0) is 46.7 Å². The average molecular weight is 317 g/mol. The van der Waals surface area contributed by atoms with Gasteiger partial charge in [-0.2, -0.15) is 0 Å². The highest BCUT2D eigenvalue weighted by molar-refractivity contribution is 9.10. The second kappa shape index (κ2) is 5.12. The highest BCUT2D eigenvalue weighted by Gasteiger charge is 2.03. The van der Waals surface area contributed by atoms with Crippen molar-refractivity contribution < 1.29 is 0 Å². The molecule has 0 saturated carbocycles. The van der Waals surface area contributed by atoms with E-state index < -0.39 is 0 Å². The van der Waals surface area contributed by atoms with Gasteiger partial charge >= 0.3 is 0 Å². The lowest BCUT2D eigenvalue weighted by atomic mass is 10.5. The van der Waals surface area contributed by atoms with E-state index in [1.54, 1.807) is 12.3 Å². The fourth-order valence-corrected chi connectivity index (χ4v) is 2.42. The van der Waals surface area contributed by atoms with Crippen molar-refractivity contribution in [3.05, 3.63) is 39.8 Å². The summed E-state index contributed by atoms with van der Waals surface area (Å²) in [5.41, 5.74) is 0. The molecule has 0 aromatic carbocycles. The first-order chi connectivity index (χ1) is 7.63. The summed E-state index contributed by atoms with van der Waals surface area (Å²) in [7, 11) is 0. The van der Waals surface area contributed by atoms with Crippen LogP contribution in [0.4, 0.5) is 0 Å². The lowest BCUT2D eigenvalue weighted by Crippen LogP contribution is -1.90. The van der Waals surface area contributed by atoms with Crippen LogP contribution in [-0.2, 0) is 0 Å². The van der Waals surface area contributed by atoms with Crippen LogP contribution in [0.15, 0.2) is 38.9 Å². The molecule has 0 unspecified atom stereocenters. The number of hydrogen-bond acceptors (Lipinski definition) is 4. The minimum Gasteiger partial charge on any atom is -0.248 e. The Kier molecular flexibility index (Phi) is 3.78. The Bertz CT molecular complexity index is 484. The summed E-state index contributed by atoms with van der Waals surface area (Å²) in [6.07, 6.45) is 1.75. The van der Waals surface area contributed by atoms with Crippen LogP contribution < -0.4 is 0 Å². The van der Waals surface area contributed by atoms with Crippen molar-refractivity contribution in [2.75, 3.05) is 0 Å². The van der Waals surface area contributed by atoms with Crippen LogP contribution in [0.25, 0.3) is 0 Å². The molecule has 0 amide bonds. The first-order valence-electron chi connectivity index (χ1n) is 4.44. The number of aryl methyl sites for hydroxylation is 1. The first-order valence-corrected chi connectivity index (χ1v) is 6.43. The molecule has 2 aromatic rings. The van der Waals surface area contributed by atoms with E-state index in [4.69, 9.17) is 11.6 Å². The van der Waals surface area contributed by atoms with E-state index in [1.807, 2.05) is 19.1 Å². The summed E-state index contributed by atoms with van der Waals surface area (Å²) in [5.74, 6) is 0.659. The molecule has 0 aliphatic rings. The minimum atomic E-state index is 0.451. The predicted molar refractivity (Wildman–Crippen MR) is 67.8 cm³/mol. The lowest BCUT2D eigenvalue weighted by Gasteiger charge is -2.01. The van der Waals surface area contributed by atoms with Crippen LogP contribution in [0, 0.1) is 6.92 Å². The number of hydrogen-bond donors (Lipinski definition) is 0. The van der Waals surface area contributed by atoms with Crippen LogP contribution in [0.1, 0.15) is 5.82 Å². The van der Waals surface area contributed by atoms with Gasteiger partial charge in [-0.1, -0.05) is 11.6 Å². The molecule has 16 heavy (non-hydrogen) atoms. The predicted octanol–water partition coefficient (Wildman–Crippen LogP) is 3.75. The molecular weight excluding hydrogens is 310 g/mol. The largest absolute Gasteiger partial charge is 0.248 e. The van der Waals surface area contributed by atoms with Crippen molar-refractivity contribution in [2.24, 2.45) is 0 Å². The van der Waals surface area contributed by atoms with E-state index in [-0.39, 0.29) is 0 Å². The third-order valence-corrected chi connectivity index (χ3v) is 3.22. The van der Waals surface area contributed by atoms with E-state index in [0.29, 0.717) is 11.0 Å². The van der Waals surface area contributed by atoms with Gasteiger partial charge in [-0.3, -0.25) is 0 Å². The molecule has 0 spiro atoms. The molecule has 0 radical (unpaired) electrons. The van der Waals surface area contributed by atoms with Gasteiger partial charge in [-0.25, -0.2) is 15.0 Å². The van der Waals surface area contributed by atoms with Gasteiger partial charge in [0.15, 0.2) is 0 Å². The quantitative estimate of drug-likeness (QED) is 0.791. The maximum atomic E-state index is 5.85. The molecule has 0 N–H and O–H groups in total. The Labute approximate surface area is 111 Å². The van der Waals surface area contributed by atoms with Crippen LogP contribution in [0.2, 0.25) is 5.15 Å². The number of aromatic nitrogens is 3. The molecule has 0 saturated heterocycles. The summed E-state index contributed by atoms with van der Waals surface area (Å²) in [6, 6.07) is 5.58. The molecule has 0 aliphatic heterocycles. The molecule has 82 valence electrons. The van der Waals surface area contributed by atoms with Crippen molar-refractivity contribution in [3.8, 4) is 0 Å². The fourth-order valence-electron chi connectivity index (χ4n) is 1.09. The van der Waals surface area contributed by atoms with E-state index in [9.17, 15) is 0 Å². The van der Waals surface area contributed by atoms with Crippen LogP contribution >= 0.6 is 39.3 Å². The standard InChI is InChI=1S/C10H7BrClN3S/c1-6-14-8(12)4-10(15-6)16-9-3-2-7(11)5-13-9/h2-5H,1H3. The van der Waals surface area contributed by atoms with Gasteiger partial charge in [-0.15, -0.1) is 0 Å². The van der Waals surface area contributed by atoms with Crippen molar-refractivity contribution >= 4 is 39.3 Å². The third kappa shape index (κ3) is 3.17. The van der Waals surface area contributed by atoms with Gasteiger partial charge < -0.3 is 0 Å². The Morgan fingerprint density at radius 2 is 2.06 bits per heavy atom. The SMILES string of the molecule is Cc1nc(Cl)cc(Sc2ccc(Br)cn2)n1. The topological polar surface area (TPSA) is 38.7 Å². The molecule has 6 heteroatoms.